The molecule has 0 saturated carbocycles. The van der Waals surface area contributed by atoms with Gasteiger partial charge >= 0.3 is 0 Å². The lowest BCUT2D eigenvalue weighted by Crippen LogP contribution is -2.02. The minimum absolute atomic E-state index is 0.0312. The molecule has 0 amide bonds. The Hall–Kier alpha value is -2.95. The average molecular weight is 309 g/mol. The number of carbonyl (C=O) groups is 1. The highest BCUT2D eigenvalue weighted by atomic mass is 16.6. The monoisotopic (exact) mass is 309 g/mol. The third kappa shape index (κ3) is 2.99. The molecule has 1 aliphatic heterocycles. The topological polar surface area (TPSA) is 69.4 Å². The number of ketones is 1. The molecule has 23 heavy (non-hydrogen) atoms. The number of hydrogen-bond acceptors (Lipinski definition) is 4. The van der Waals surface area contributed by atoms with Gasteiger partial charge in [-0.2, -0.15) is 0 Å². The number of aryl methyl sites for hydroxylation is 1. The molecule has 0 spiro atoms. The predicted octanol–water partition coefficient (Wildman–Crippen LogP) is 3.95. The highest BCUT2D eigenvalue weighted by Crippen LogP contribution is 2.30. The summed E-state index contributed by atoms with van der Waals surface area (Å²) in [5.74, 6) is 0.587. The standard InChI is InChI=1S/C18H15NO4/c1-12-3-2-4-16-17(20)14(9-10-23-18(12)16)11-13-5-7-15(8-6-13)19(21)22/h2-8,11H,9-10H2,1H3/b14-11+. The van der Waals surface area contributed by atoms with E-state index in [4.69, 9.17) is 4.74 Å². The molecule has 0 saturated heterocycles. The number of nitro groups is 1. The Morgan fingerprint density at radius 3 is 2.61 bits per heavy atom. The quantitative estimate of drug-likeness (QED) is 0.478. The molecular formula is C18H15NO4. The van der Waals surface area contributed by atoms with Crippen LogP contribution in [0.4, 0.5) is 5.69 Å². The van der Waals surface area contributed by atoms with Crippen molar-refractivity contribution >= 4 is 17.5 Å². The van der Waals surface area contributed by atoms with Crippen molar-refractivity contribution in [3.63, 3.8) is 0 Å². The van der Waals surface area contributed by atoms with Crippen molar-refractivity contribution in [2.24, 2.45) is 0 Å². The zero-order chi connectivity index (χ0) is 16.4. The lowest BCUT2D eigenvalue weighted by atomic mass is 9.98. The molecule has 1 heterocycles. The normalized spacial score (nSPS) is 15.7. The van der Waals surface area contributed by atoms with E-state index in [9.17, 15) is 14.9 Å². The molecule has 0 fully saturated rings. The SMILES string of the molecule is Cc1cccc2c1OCC/C(=C\c1ccc([N+](=O)[O-])cc1)C2=O. The van der Waals surface area contributed by atoms with E-state index in [2.05, 4.69) is 0 Å². The number of hydrogen-bond donors (Lipinski definition) is 0. The van der Waals surface area contributed by atoms with Crippen molar-refractivity contribution in [2.75, 3.05) is 6.61 Å². The molecule has 0 aliphatic carbocycles. The number of carbonyl (C=O) groups excluding carboxylic acids is 1. The average Bonchev–Trinajstić information content (AvgIpc) is 2.69. The van der Waals surface area contributed by atoms with Crippen molar-refractivity contribution in [1.82, 2.24) is 0 Å². The summed E-state index contributed by atoms with van der Waals surface area (Å²) >= 11 is 0. The van der Waals surface area contributed by atoms with E-state index in [1.165, 1.54) is 12.1 Å². The second-order valence-electron chi connectivity index (χ2n) is 5.40. The Kier molecular flexibility index (Phi) is 3.93. The summed E-state index contributed by atoms with van der Waals surface area (Å²) in [6.07, 6.45) is 2.27. The molecule has 0 radical (unpaired) electrons. The van der Waals surface area contributed by atoms with E-state index in [-0.39, 0.29) is 11.5 Å². The largest absolute Gasteiger partial charge is 0.492 e. The second kappa shape index (κ2) is 6.04. The first kappa shape index (κ1) is 15.0. The van der Waals surface area contributed by atoms with Crippen molar-refractivity contribution in [3.05, 3.63) is 74.8 Å². The van der Waals surface area contributed by atoms with Gasteiger partial charge in [-0.15, -0.1) is 0 Å². The maximum absolute atomic E-state index is 12.7. The van der Waals surface area contributed by atoms with Crippen LogP contribution in [-0.2, 0) is 0 Å². The number of benzene rings is 2. The molecule has 2 aromatic rings. The molecule has 0 aromatic heterocycles. The van der Waals surface area contributed by atoms with Crippen molar-refractivity contribution in [1.29, 1.82) is 0 Å². The van der Waals surface area contributed by atoms with Crippen molar-refractivity contribution in [2.45, 2.75) is 13.3 Å². The van der Waals surface area contributed by atoms with Crippen LogP contribution >= 0.6 is 0 Å². The molecule has 0 bridgehead atoms. The minimum Gasteiger partial charge on any atom is -0.492 e. The fourth-order valence-electron chi connectivity index (χ4n) is 2.60. The maximum atomic E-state index is 12.7. The maximum Gasteiger partial charge on any atom is 0.269 e. The van der Waals surface area contributed by atoms with Crippen molar-refractivity contribution < 1.29 is 14.5 Å². The van der Waals surface area contributed by atoms with E-state index in [0.29, 0.717) is 29.9 Å². The number of nitro benzene ring substituents is 1. The number of rotatable bonds is 2. The van der Waals surface area contributed by atoms with Crippen LogP contribution < -0.4 is 4.74 Å². The van der Waals surface area contributed by atoms with Gasteiger partial charge in [-0.3, -0.25) is 14.9 Å². The molecule has 2 aromatic carbocycles. The van der Waals surface area contributed by atoms with E-state index in [1.807, 2.05) is 19.1 Å². The number of Topliss-reactive ketones (excluding diaryl/α,β-unsaturated/α-hetero) is 1. The van der Waals surface area contributed by atoms with Gasteiger partial charge < -0.3 is 4.74 Å². The lowest BCUT2D eigenvalue weighted by Gasteiger charge is -2.08. The van der Waals surface area contributed by atoms with Gasteiger partial charge in [-0.25, -0.2) is 0 Å². The van der Waals surface area contributed by atoms with Gasteiger partial charge in [0.05, 0.1) is 17.1 Å². The fourth-order valence-corrected chi connectivity index (χ4v) is 2.60. The fraction of sp³-hybridized carbons (Fsp3) is 0.167. The number of para-hydroxylation sites is 1. The minimum atomic E-state index is -0.444. The van der Waals surface area contributed by atoms with Crippen molar-refractivity contribution in [3.8, 4) is 5.75 Å². The highest BCUT2D eigenvalue weighted by molar-refractivity contribution is 6.13. The van der Waals surface area contributed by atoms with Gasteiger partial charge in [0.15, 0.2) is 5.78 Å². The molecule has 116 valence electrons. The third-order valence-electron chi connectivity index (χ3n) is 3.81. The Bertz CT molecular complexity index is 806. The summed E-state index contributed by atoms with van der Waals surface area (Å²) in [5.41, 5.74) is 2.94. The summed E-state index contributed by atoms with van der Waals surface area (Å²) in [4.78, 5) is 23.0. The first-order valence-corrected chi connectivity index (χ1v) is 7.28. The smallest absolute Gasteiger partial charge is 0.269 e. The second-order valence-corrected chi connectivity index (χ2v) is 5.40. The van der Waals surface area contributed by atoms with Gasteiger partial charge in [0.25, 0.3) is 5.69 Å². The predicted molar refractivity (Wildman–Crippen MR) is 86.7 cm³/mol. The molecular weight excluding hydrogens is 294 g/mol. The summed E-state index contributed by atoms with van der Waals surface area (Å²) in [5, 5.41) is 10.7. The van der Waals surface area contributed by atoms with E-state index in [0.717, 1.165) is 11.1 Å². The van der Waals surface area contributed by atoms with Crippen LogP contribution in [0.15, 0.2) is 48.0 Å². The lowest BCUT2D eigenvalue weighted by molar-refractivity contribution is -0.384. The van der Waals surface area contributed by atoms with Crippen LogP contribution in [0.3, 0.4) is 0 Å². The molecule has 5 heteroatoms. The van der Waals surface area contributed by atoms with Gasteiger partial charge in [0, 0.05) is 24.1 Å². The summed E-state index contributed by atoms with van der Waals surface area (Å²) in [7, 11) is 0. The first-order valence-electron chi connectivity index (χ1n) is 7.28. The van der Waals surface area contributed by atoms with Crippen LogP contribution in [0.2, 0.25) is 0 Å². The summed E-state index contributed by atoms with van der Waals surface area (Å²) in [6.45, 7) is 2.35. The van der Waals surface area contributed by atoms with Crippen LogP contribution in [0.5, 0.6) is 5.75 Å². The van der Waals surface area contributed by atoms with Gasteiger partial charge in [0.1, 0.15) is 5.75 Å². The molecule has 0 atom stereocenters. The molecule has 3 rings (SSSR count). The molecule has 1 aliphatic rings. The van der Waals surface area contributed by atoms with Gasteiger partial charge in [0.2, 0.25) is 0 Å². The zero-order valence-electron chi connectivity index (χ0n) is 12.6. The van der Waals surface area contributed by atoms with E-state index < -0.39 is 4.92 Å². The Morgan fingerprint density at radius 1 is 1.17 bits per heavy atom. The molecule has 5 nitrogen and oxygen atoms in total. The van der Waals surface area contributed by atoms with E-state index in [1.54, 1.807) is 24.3 Å². The number of non-ortho nitro benzene ring substituents is 1. The van der Waals surface area contributed by atoms with Gasteiger partial charge in [-0.05, 0) is 42.3 Å². The number of ether oxygens (including phenoxy) is 1. The molecule has 0 N–H and O–H groups in total. The molecule has 0 unspecified atom stereocenters. The number of fused-ring (bicyclic) bond motifs is 1. The van der Waals surface area contributed by atoms with E-state index >= 15 is 0 Å². The van der Waals surface area contributed by atoms with Crippen LogP contribution in [0.1, 0.15) is 27.9 Å². The van der Waals surface area contributed by atoms with Crippen LogP contribution in [-0.4, -0.2) is 17.3 Å². The highest BCUT2D eigenvalue weighted by Gasteiger charge is 2.22. The van der Waals surface area contributed by atoms with Gasteiger partial charge in [-0.1, -0.05) is 12.1 Å². The van der Waals surface area contributed by atoms with Crippen LogP contribution in [0, 0.1) is 17.0 Å². The Morgan fingerprint density at radius 2 is 1.91 bits per heavy atom. The number of nitrogens with zero attached hydrogens (tertiary/aromatic N) is 1. The summed E-state index contributed by atoms with van der Waals surface area (Å²) in [6, 6.07) is 11.7. The summed E-state index contributed by atoms with van der Waals surface area (Å²) < 4.78 is 5.72. The third-order valence-corrected chi connectivity index (χ3v) is 3.81. The first-order chi connectivity index (χ1) is 11.1. The zero-order valence-corrected chi connectivity index (χ0v) is 12.6. The Balaban J connectivity index is 1.96. The van der Waals surface area contributed by atoms with Crippen LogP contribution in [0.25, 0.3) is 6.08 Å². The Labute approximate surface area is 133 Å².